The van der Waals surface area contributed by atoms with E-state index >= 15 is 0 Å². The van der Waals surface area contributed by atoms with E-state index in [-0.39, 0.29) is 11.9 Å². The van der Waals surface area contributed by atoms with Crippen molar-refractivity contribution >= 4 is 5.91 Å². The number of pyridine rings is 1. The first-order chi connectivity index (χ1) is 9.54. The first-order valence-electron chi connectivity index (χ1n) is 6.44. The van der Waals surface area contributed by atoms with E-state index in [1.165, 1.54) is 4.90 Å². The maximum absolute atomic E-state index is 11.9. The molecule has 0 aromatic carbocycles. The van der Waals surface area contributed by atoms with Crippen molar-refractivity contribution in [3.05, 3.63) is 41.9 Å². The van der Waals surface area contributed by atoms with Crippen LogP contribution in [-0.2, 0) is 0 Å². The van der Waals surface area contributed by atoms with Crippen molar-refractivity contribution in [2.75, 3.05) is 21.1 Å². The van der Waals surface area contributed by atoms with Gasteiger partial charge in [0, 0.05) is 38.1 Å². The Morgan fingerprint density at radius 1 is 1.40 bits per heavy atom. The molecule has 0 bridgehead atoms. The molecule has 2 rings (SSSR count). The van der Waals surface area contributed by atoms with Gasteiger partial charge in [-0.3, -0.25) is 4.79 Å². The molecule has 0 aliphatic rings. The summed E-state index contributed by atoms with van der Waals surface area (Å²) < 4.78 is 1.64. The molecule has 1 unspecified atom stereocenters. The molecule has 0 spiro atoms. The van der Waals surface area contributed by atoms with E-state index < -0.39 is 0 Å². The van der Waals surface area contributed by atoms with Crippen molar-refractivity contribution in [2.24, 2.45) is 0 Å². The number of carbonyl (C=O) groups is 1. The van der Waals surface area contributed by atoms with Gasteiger partial charge < -0.3 is 10.2 Å². The number of hydrogen-bond donors (Lipinski definition) is 1. The summed E-state index contributed by atoms with van der Waals surface area (Å²) >= 11 is 0. The van der Waals surface area contributed by atoms with E-state index in [9.17, 15) is 4.79 Å². The SMILES string of the molecule is CNC(C)c1cccnc1-n1ccc(C(=O)N(C)C)n1. The summed E-state index contributed by atoms with van der Waals surface area (Å²) in [4.78, 5) is 17.8. The van der Waals surface area contributed by atoms with Crippen molar-refractivity contribution in [2.45, 2.75) is 13.0 Å². The largest absolute Gasteiger partial charge is 0.343 e. The van der Waals surface area contributed by atoms with Gasteiger partial charge in [0.2, 0.25) is 0 Å². The molecule has 0 aliphatic heterocycles. The van der Waals surface area contributed by atoms with Crippen LogP contribution in [0.5, 0.6) is 0 Å². The average molecular weight is 273 g/mol. The molecule has 2 aromatic heterocycles. The minimum Gasteiger partial charge on any atom is -0.343 e. The Morgan fingerprint density at radius 2 is 2.15 bits per heavy atom. The van der Waals surface area contributed by atoms with Gasteiger partial charge in [0.1, 0.15) is 0 Å². The van der Waals surface area contributed by atoms with Crippen LogP contribution < -0.4 is 5.32 Å². The van der Waals surface area contributed by atoms with Crippen LogP contribution in [0.15, 0.2) is 30.6 Å². The molecular weight excluding hydrogens is 254 g/mol. The predicted molar refractivity (Wildman–Crippen MR) is 76.9 cm³/mol. The van der Waals surface area contributed by atoms with Gasteiger partial charge >= 0.3 is 0 Å². The highest BCUT2D eigenvalue weighted by Gasteiger charge is 2.15. The van der Waals surface area contributed by atoms with Crippen LogP contribution >= 0.6 is 0 Å². The smallest absolute Gasteiger partial charge is 0.273 e. The monoisotopic (exact) mass is 273 g/mol. The van der Waals surface area contributed by atoms with Crippen LogP contribution in [0.2, 0.25) is 0 Å². The van der Waals surface area contributed by atoms with Gasteiger partial charge in [0.05, 0.1) is 0 Å². The second-order valence-corrected chi connectivity index (χ2v) is 4.77. The zero-order valence-electron chi connectivity index (χ0n) is 12.2. The van der Waals surface area contributed by atoms with E-state index in [1.807, 2.05) is 19.2 Å². The first kappa shape index (κ1) is 14.2. The first-order valence-corrected chi connectivity index (χ1v) is 6.44. The zero-order chi connectivity index (χ0) is 14.7. The lowest BCUT2D eigenvalue weighted by molar-refractivity contribution is 0.0821. The molecule has 1 atom stereocenters. The zero-order valence-corrected chi connectivity index (χ0v) is 12.2. The van der Waals surface area contributed by atoms with Crippen LogP contribution in [0.4, 0.5) is 0 Å². The summed E-state index contributed by atoms with van der Waals surface area (Å²) in [6.07, 6.45) is 3.47. The van der Waals surface area contributed by atoms with E-state index in [0.717, 1.165) is 11.4 Å². The van der Waals surface area contributed by atoms with E-state index in [1.54, 1.807) is 37.2 Å². The van der Waals surface area contributed by atoms with Gasteiger partial charge in [0.25, 0.3) is 5.91 Å². The van der Waals surface area contributed by atoms with E-state index in [0.29, 0.717) is 5.69 Å². The molecule has 6 heteroatoms. The van der Waals surface area contributed by atoms with Crippen LogP contribution in [0.25, 0.3) is 5.82 Å². The molecule has 20 heavy (non-hydrogen) atoms. The molecule has 0 radical (unpaired) electrons. The molecular formula is C14H19N5O. The third-order valence-corrected chi connectivity index (χ3v) is 3.15. The lowest BCUT2D eigenvalue weighted by Gasteiger charge is -2.14. The maximum atomic E-state index is 11.9. The molecule has 0 aliphatic carbocycles. The number of nitrogens with one attached hydrogen (secondary N) is 1. The number of rotatable bonds is 4. The fraction of sp³-hybridized carbons (Fsp3) is 0.357. The summed E-state index contributed by atoms with van der Waals surface area (Å²) in [6.45, 7) is 2.05. The molecule has 0 fully saturated rings. The summed E-state index contributed by atoms with van der Waals surface area (Å²) in [6, 6.07) is 5.74. The topological polar surface area (TPSA) is 63.1 Å². The van der Waals surface area contributed by atoms with Crippen molar-refractivity contribution < 1.29 is 4.79 Å². The summed E-state index contributed by atoms with van der Waals surface area (Å²) in [5.41, 5.74) is 1.44. The van der Waals surface area contributed by atoms with E-state index in [4.69, 9.17) is 0 Å². The minimum absolute atomic E-state index is 0.122. The maximum Gasteiger partial charge on any atom is 0.273 e. The fourth-order valence-corrected chi connectivity index (χ4v) is 1.88. The Bertz CT molecular complexity index is 605. The lowest BCUT2D eigenvalue weighted by Crippen LogP contribution is -2.22. The van der Waals surface area contributed by atoms with Crippen molar-refractivity contribution in [1.82, 2.24) is 25.0 Å². The van der Waals surface area contributed by atoms with Crippen LogP contribution in [0.1, 0.15) is 29.0 Å². The molecule has 1 N–H and O–H groups in total. The Labute approximate surface area is 118 Å². The summed E-state index contributed by atoms with van der Waals surface area (Å²) in [5, 5.41) is 7.50. The Hall–Kier alpha value is -2.21. The molecule has 2 heterocycles. The normalized spacial score (nSPS) is 12.2. The van der Waals surface area contributed by atoms with Crippen molar-refractivity contribution in [1.29, 1.82) is 0 Å². The third kappa shape index (κ3) is 2.70. The lowest BCUT2D eigenvalue weighted by atomic mass is 10.1. The number of hydrogen-bond acceptors (Lipinski definition) is 4. The molecule has 1 amide bonds. The highest BCUT2D eigenvalue weighted by molar-refractivity contribution is 5.91. The van der Waals surface area contributed by atoms with Crippen molar-refractivity contribution in [3.63, 3.8) is 0 Å². The minimum atomic E-state index is -0.122. The molecule has 6 nitrogen and oxygen atoms in total. The molecule has 0 saturated carbocycles. The van der Waals surface area contributed by atoms with Gasteiger partial charge in [-0.15, -0.1) is 0 Å². The predicted octanol–water partition coefficient (Wildman–Crippen LogP) is 1.25. The number of nitrogens with zero attached hydrogens (tertiary/aromatic N) is 4. The summed E-state index contributed by atoms with van der Waals surface area (Å²) in [5.74, 6) is 0.607. The molecule has 2 aromatic rings. The number of carbonyl (C=O) groups excluding carboxylic acids is 1. The second-order valence-electron chi connectivity index (χ2n) is 4.77. The highest BCUT2D eigenvalue weighted by Crippen LogP contribution is 2.18. The Balaban J connectivity index is 2.40. The highest BCUT2D eigenvalue weighted by atomic mass is 16.2. The van der Waals surface area contributed by atoms with Crippen LogP contribution in [0.3, 0.4) is 0 Å². The number of amides is 1. The van der Waals surface area contributed by atoms with Gasteiger partial charge in [-0.25, -0.2) is 9.67 Å². The number of aromatic nitrogens is 3. The third-order valence-electron chi connectivity index (χ3n) is 3.15. The Morgan fingerprint density at radius 3 is 2.80 bits per heavy atom. The quantitative estimate of drug-likeness (QED) is 0.910. The molecule has 106 valence electrons. The van der Waals surface area contributed by atoms with Gasteiger partial charge in [0.15, 0.2) is 11.5 Å². The average Bonchev–Trinajstić information content (AvgIpc) is 2.95. The van der Waals surface area contributed by atoms with Gasteiger partial charge in [-0.1, -0.05) is 6.07 Å². The second kappa shape index (κ2) is 5.83. The standard InChI is InChI=1S/C14H19N5O/c1-10(15-2)11-6-5-8-16-13(11)19-9-7-12(17-19)14(20)18(3)4/h5-10,15H,1-4H3. The van der Waals surface area contributed by atoms with Crippen LogP contribution in [0, 0.1) is 0 Å². The van der Waals surface area contributed by atoms with E-state index in [2.05, 4.69) is 22.3 Å². The van der Waals surface area contributed by atoms with Gasteiger partial charge in [-0.2, -0.15) is 5.10 Å². The van der Waals surface area contributed by atoms with Crippen molar-refractivity contribution in [3.8, 4) is 5.82 Å². The molecule has 0 saturated heterocycles. The fourth-order valence-electron chi connectivity index (χ4n) is 1.88. The Kier molecular flexibility index (Phi) is 4.14. The van der Waals surface area contributed by atoms with Gasteiger partial charge in [-0.05, 0) is 26.1 Å². The summed E-state index contributed by atoms with van der Waals surface area (Å²) in [7, 11) is 5.30. The van der Waals surface area contributed by atoms with Crippen LogP contribution in [-0.4, -0.2) is 46.7 Å².